The second-order valence-electron chi connectivity index (χ2n) is 6.11. The van der Waals surface area contributed by atoms with Crippen molar-refractivity contribution in [1.82, 2.24) is 0 Å². The van der Waals surface area contributed by atoms with Crippen LogP contribution in [0.3, 0.4) is 0 Å². The van der Waals surface area contributed by atoms with Crippen LogP contribution in [0.5, 0.6) is 0 Å². The molecule has 102 valence electrons. The maximum absolute atomic E-state index is 6.12. The first-order valence-electron chi connectivity index (χ1n) is 6.92. The number of hydrogen-bond acceptors (Lipinski definition) is 2. The first-order valence-corrected chi connectivity index (χ1v) is 6.92. The topological polar surface area (TPSA) is 18.5 Å². The van der Waals surface area contributed by atoms with Crippen molar-refractivity contribution in [2.45, 2.75) is 51.7 Å². The molecule has 0 N–H and O–H groups in total. The molecule has 1 saturated heterocycles. The van der Waals surface area contributed by atoms with Crippen molar-refractivity contribution in [3.63, 3.8) is 0 Å². The van der Waals surface area contributed by atoms with Crippen LogP contribution in [-0.2, 0) is 15.7 Å². The van der Waals surface area contributed by atoms with Gasteiger partial charge in [-0.25, -0.2) is 0 Å². The molecule has 0 aromatic heterocycles. The Morgan fingerprint density at radius 3 is 2.26 bits per heavy atom. The zero-order chi connectivity index (χ0) is 14.1. The van der Waals surface area contributed by atoms with Crippen LogP contribution in [0.25, 0.3) is 0 Å². The van der Waals surface area contributed by atoms with Gasteiger partial charge in [-0.15, -0.1) is 6.58 Å². The van der Waals surface area contributed by atoms with Gasteiger partial charge >= 0.3 is 7.12 Å². The standard InChI is InChI=1S/C16H23BO2/c1-6-7-10-13-11-8-9-12-14(13)17-18-15(2,3)16(4,5)19-17/h6,8-9,11-12H,1,7,10H2,2-5H3. The van der Waals surface area contributed by atoms with Gasteiger partial charge in [0.1, 0.15) is 0 Å². The molecule has 1 aromatic rings. The molecule has 0 atom stereocenters. The molecule has 1 aliphatic rings. The van der Waals surface area contributed by atoms with E-state index in [1.807, 2.05) is 12.1 Å². The Morgan fingerprint density at radius 1 is 1.11 bits per heavy atom. The molecule has 0 radical (unpaired) electrons. The molecule has 19 heavy (non-hydrogen) atoms. The summed E-state index contributed by atoms with van der Waals surface area (Å²) in [5, 5.41) is 0. The van der Waals surface area contributed by atoms with E-state index in [0.29, 0.717) is 0 Å². The minimum atomic E-state index is -0.288. The van der Waals surface area contributed by atoms with E-state index in [0.717, 1.165) is 18.3 Å². The van der Waals surface area contributed by atoms with Crippen LogP contribution in [-0.4, -0.2) is 18.3 Å². The Hall–Kier alpha value is -1.06. The minimum Gasteiger partial charge on any atom is -0.399 e. The van der Waals surface area contributed by atoms with Gasteiger partial charge in [-0.05, 0) is 51.6 Å². The number of allylic oxidation sites excluding steroid dienone is 1. The Morgan fingerprint density at radius 2 is 1.68 bits per heavy atom. The second-order valence-corrected chi connectivity index (χ2v) is 6.11. The summed E-state index contributed by atoms with van der Waals surface area (Å²) in [5.41, 5.74) is 1.84. The van der Waals surface area contributed by atoms with E-state index in [9.17, 15) is 0 Å². The number of rotatable bonds is 4. The van der Waals surface area contributed by atoms with E-state index >= 15 is 0 Å². The van der Waals surface area contributed by atoms with Crippen LogP contribution in [0.1, 0.15) is 39.7 Å². The lowest BCUT2D eigenvalue weighted by Crippen LogP contribution is -2.41. The van der Waals surface area contributed by atoms with Gasteiger partial charge in [0.25, 0.3) is 0 Å². The smallest absolute Gasteiger partial charge is 0.399 e. The highest BCUT2D eigenvalue weighted by atomic mass is 16.7. The normalized spacial score (nSPS) is 20.5. The molecule has 0 unspecified atom stereocenters. The fourth-order valence-corrected chi connectivity index (χ4v) is 2.22. The van der Waals surface area contributed by atoms with Crippen LogP contribution < -0.4 is 5.46 Å². The van der Waals surface area contributed by atoms with E-state index in [-0.39, 0.29) is 18.3 Å². The monoisotopic (exact) mass is 258 g/mol. The number of benzene rings is 1. The van der Waals surface area contributed by atoms with Crippen molar-refractivity contribution in [2.75, 3.05) is 0 Å². The minimum absolute atomic E-state index is 0.272. The molecule has 1 heterocycles. The summed E-state index contributed by atoms with van der Waals surface area (Å²) < 4.78 is 12.2. The average molecular weight is 258 g/mol. The van der Waals surface area contributed by atoms with Gasteiger partial charge in [-0.2, -0.15) is 0 Å². The van der Waals surface area contributed by atoms with Crippen molar-refractivity contribution in [3.05, 3.63) is 42.5 Å². The number of hydrogen-bond donors (Lipinski definition) is 0. The Balaban J connectivity index is 2.26. The molecule has 0 aliphatic carbocycles. The highest BCUT2D eigenvalue weighted by Crippen LogP contribution is 2.36. The quantitative estimate of drug-likeness (QED) is 0.610. The maximum Gasteiger partial charge on any atom is 0.495 e. The van der Waals surface area contributed by atoms with Crippen molar-refractivity contribution in [2.24, 2.45) is 0 Å². The summed E-state index contributed by atoms with van der Waals surface area (Å²) in [7, 11) is -0.272. The molecule has 0 bridgehead atoms. The van der Waals surface area contributed by atoms with E-state index < -0.39 is 0 Å². The molecule has 1 fully saturated rings. The van der Waals surface area contributed by atoms with E-state index in [1.165, 1.54) is 5.56 Å². The summed E-state index contributed by atoms with van der Waals surface area (Å²) in [6, 6.07) is 8.34. The lowest BCUT2D eigenvalue weighted by molar-refractivity contribution is 0.00578. The maximum atomic E-state index is 6.12. The zero-order valence-electron chi connectivity index (χ0n) is 12.4. The predicted octanol–water partition coefficient (Wildman–Crippen LogP) is 3.10. The third-order valence-corrected chi connectivity index (χ3v) is 4.18. The molecule has 2 nitrogen and oxygen atoms in total. The number of aryl methyl sites for hydroxylation is 1. The molecule has 0 spiro atoms. The van der Waals surface area contributed by atoms with Gasteiger partial charge < -0.3 is 9.31 Å². The average Bonchev–Trinajstić information content (AvgIpc) is 2.56. The summed E-state index contributed by atoms with van der Waals surface area (Å²) >= 11 is 0. The van der Waals surface area contributed by atoms with Crippen LogP contribution in [0.2, 0.25) is 0 Å². The van der Waals surface area contributed by atoms with Crippen LogP contribution in [0.15, 0.2) is 36.9 Å². The zero-order valence-corrected chi connectivity index (χ0v) is 12.4. The SMILES string of the molecule is C=CCCc1ccccc1B1OC(C)(C)C(C)(C)O1. The third kappa shape index (κ3) is 2.77. The first kappa shape index (κ1) is 14.4. The summed E-state index contributed by atoms with van der Waals surface area (Å²) in [6.45, 7) is 12.1. The Kier molecular flexibility index (Phi) is 3.89. The predicted molar refractivity (Wildman–Crippen MR) is 80.7 cm³/mol. The molecular weight excluding hydrogens is 235 g/mol. The fraction of sp³-hybridized carbons (Fsp3) is 0.500. The van der Waals surface area contributed by atoms with E-state index in [1.54, 1.807) is 0 Å². The highest BCUT2D eigenvalue weighted by Gasteiger charge is 2.52. The molecule has 2 rings (SSSR count). The lowest BCUT2D eigenvalue weighted by atomic mass is 9.75. The van der Waals surface area contributed by atoms with Gasteiger partial charge in [0.2, 0.25) is 0 Å². The summed E-state index contributed by atoms with van der Waals surface area (Å²) in [5.74, 6) is 0. The van der Waals surface area contributed by atoms with Crippen molar-refractivity contribution >= 4 is 12.6 Å². The van der Waals surface area contributed by atoms with Crippen molar-refractivity contribution in [1.29, 1.82) is 0 Å². The molecule has 1 aromatic carbocycles. The van der Waals surface area contributed by atoms with Gasteiger partial charge in [0.05, 0.1) is 11.2 Å². The molecule has 0 saturated carbocycles. The fourth-order valence-electron chi connectivity index (χ4n) is 2.22. The van der Waals surface area contributed by atoms with E-state index in [4.69, 9.17) is 9.31 Å². The summed E-state index contributed by atoms with van der Waals surface area (Å²) in [6.07, 6.45) is 3.89. The first-order chi connectivity index (χ1) is 8.87. The van der Waals surface area contributed by atoms with Gasteiger partial charge in [0, 0.05) is 0 Å². The van der Waals surface area contributed by atoms with Gasteiger partial charge in [-0.3, -0.25) is 0 Å². The molecular formula is C16H23BO2. The molecule has 0 amide bonds. The van der Waals surface area contributed by atoms with Crippen LogP contribution >= 0.6 is 0 Å². The second kappa shape index (κ2) is 5.14. The Labute approximate surface area is 117 Å². The third-order valence-electron chi connectivity index (χ3n) is 4.18. The van der Waals surface area contributed by atoms with Crippen molar-refractivity contribution < 1.29 is 9.31 Å². The summed E-state index contributed by atoms with van der Waals surface area (Å²) in [4.78, 5) is 0. The van der Waals surface area contributed by atoms with Gasteiger partial charge in [-0.1, -0.05) is 30.3 Å². The lowest BCUT2D eigenvalue weighted by Gasteiger charge is -2.32. The molecule has 3 heteroatoms. The van der Waals surface area contributed by atoms with Gasteiger partial charge in [0.15, 0.2) is 0 Å². The molecule has 1 aliphatic heterocycles. The Bertz CT molecular complexity index is 450. The van der Waals surface area contributed by atoms with Crippen LogP contribution in [0.4, 0.5) is 0 Å². The largest absolute Gasteiger partial charge is 0.495 e. The van der Waals surface area contributed by atoms with Crippen LogP contribution in [0, 0.1) is 0 Å². The highest BCUT2D eigenvalue weighted by molar-refractivity contribution is 6.62. The van der Waals surface area contributed by atoms with Crippen molar-refractivity contribution in [3.8, 4) is 0 Å². The van der Waals surface area contributed by atoms with E-state index in [2.05, 4.69) is 52.5 Å².